The van der Waals surface area contributed by atoms with Crippen LogP contribution >= 0.6 is 11.8 Å². The van der Waals surface area contributed by atoms with Gasteiger partial charge in [-0.1, -0.05) is 19.1 Å². The van der Waals surface area contributed by atoms with Gasteiger partial charge in [0.05, 0.1) is 0 Å². The van der Waals surface area contributed by atoms with Gasteiger partial charge in [-0.25, -0.2) is 4.39 Å². The first kappa shape index (κ1) is 13.5. The number of aliphatic hydroxyl groups excluding tert-OH is 1. The number of nitrogens with two attached hydrogens (primary N) is 1. The van der Waals surface area contributed by atoms with Crippen molar-refractivity contribution in [3.05, 3.63) is 35.6 Å². The summed E-state index contributed by atoms with van der Waals surface area (Å²) in [5.74, 6) is 1.65. The van der Waals surface area contributed by atoms with Gasteiger partial charge >= 0.3 is 0 Å². The number of benzene rings is 1. The average Bonchev–Trinajstić information content (AvgIpc) is 2.28. The minimum atomic E-state index is -0.248. The lowest BCUT2D eigenvalue weighted by atomic mass is 10.1. The first-order valence-corrected chi connectivity index (χ1v) is 6.48. The van der Waals surface area contributed by atoms with Gasteiger partial charge in [0.25, 0.3) is 0 Å². The molecule has 0 amide bonds. The van der Waals surface area contributed by atoms with Crippen molar-refractivity contribution in [1.82, 2.24) is 0 Å². The van der Waals surface area contributed by atoms with Gasteiger partial charge < -0.3 is 10.8 Å². The van der Waals surface area contributed by atoms with E-state index in [0.29, 0.717) is 0 Å². The Kier molecular flexibility index (Phi) is 5.80. The Morgan fingerprint density at radius 1 is 1.44 bits per heavy atom. The van der Waals surface area contributed by atoms with Crippen molar-refractivity contribution in [3.8, 4) is 0 Å². The monoisotopic (exact) mass is 243 g/mol. The molecule has 0 saturated heterocycles. The third kappa shape index (κ3) is 4.51. The van der Waals surface area contributed by atoms with Gasteiger partial charge in [0, 0.05) is 18.4 Å². The summed E-state index contributed by atoms with van der Waals surface area (Å²) in [5, 5.41) is 8.86. The number of thioether (sulfide) groups is 1. The standard InChI is InChI=1S/C12H18FNOS/c1-9(6-15)7-16-8-12(14)10-3-2-4-11(13)5-10/h2-5,9,12,15H,6-8,14H2,1H3. The zero-order chi connectivity index (χ0) is 12.0. The molecule has 3 N–H and O–H groups in total. The zero-order valence-corrected chi connectivity index (χ0v) is 10.2. The maximum atomic E-state index is 12.9. The molecule has 2 atom stereocenters. The molecule has 2 unspecified atom stereocenters. The summed E-state index contributed by atoms with van der Waals surface area (Å²) in [6.45, 7) is 2.18. The summed E-state index contributed by atoms with van der Waals surface area (Å²) < 4.78 is 12.9. The first-order valence-electron chi connectivity index (χ1n) is 5.33. The van der Waals surface area contributed by atoms with Crippen molar-refractivity contribution in [1.29, 1.82) is 0 Å². The van der Waals surface area contributed by atoms with Crippen LogP contribution in [0.5, 0.6) is 0 Å². The Morgan fingerprint density at radius 2 is 2.19 bits per heavy atom. The third-order valence-electron chi connectivity index (χ3n) is 2.29. The molecule has 0 fully saturated rings. The van der Waals surface area contributed by atoms with Crippen molar-refractivity contribution >= 4 is 11.8 Å². The van der Waals surface area contributed by atoms with Gasteiger partial charge in [-0.2, -0.15) is 11.8 Å². The van der Waals surface area contributed by atoms with E-state index in [1.54, 1.807) is 17.8 Å². The molecule has 90 valence electrons. The molecular weight excluding hydrogens is 225 g/mol. The van der Waals surface area contributed by atoms with Crippen LogP contribution in [-0.2, 0) is 0 Å². The second-order valence-electron chi connectivity index (χ2n) is 3.99. The van der Waals surface area contributed by atoms with Crippen LogP contribution < -0.4 is 5.73 Å². The van der Waals surface area contributed by atoms with Crippen molar-refractivity contribution in [2.75, 3.05) is 18.1 Å². The highest BCUT2D eigenvalue weighted by atomic mass is 32.2. The van der Waals surface area contributed by atoms with Crippen LogP contribution in [0.4, 0.5) is 4.39 Å². The fraction of sp³-hybridized carbons (Fsp3) is 0.500. The van der Waals surface area contributed by atoms with E-state index in [2.05, 4.69) is 0 Å². The van der Waals surface area contributed by atoms with Crippen LogP contribution in [0.25, 0.3) is 0 Å². The number of halogens is 1. The molecule has 0 spiro atoms. The lowest BCUT2D eigenvalue weighted by Gasteiger charge is -2.13. The van der Waals surface area contributed by atoms with Crippen LogP contribution in [0.1, 0.15) is 18.5 Å². The normalized spacial score (nSPS) is 14.8. The van der Waals surface area contributed by atoms with Crippen LogP contribution in [0.2, 0.25) is 0 Å². The quantitative estimate of drug-likeness (QED) is 0.805. The molecule has 0 aliphatic rings. The van der Waals surface area contributed by atoms with Crippen LogP contribution in [0.15, 0.2) is 24.3 Å². The maximum absolute atomic E-state index is 12.9. The first-order chi connectivity index (χ1) is 7.63. The number of hydrogen-bond donors (Lipinski definition) is 2. The molecule has 0 aliphatic heterocycles. The van der Waals surface area contributed by atoms with Crippen molar-refractivity contribution < 1.29 is 9.50 Å². The van der Waals surface area contributed by atoms with Crippen LogP contribution in [0, 0.1) is 11.7 Å². The summed E-state index contributed by atoms with van der Waals surface area (Å²) in [4.78, 5) is 0. The molecule has 4 heteroatoms. The molecule has 0 aliphatic carbocycles. The van der Waals surface area contributed by atoms with Gasteiger partial charge in [0.15, 0.2) is 0 Å². The Balaban J connectivity index is 2.38. The summed E-state index contributed by atoms with van der Waals surface area (Å²) in [6, 6.07) is 6.25. The fourth-order valence-corrected chi connectivity index (χ4v) is 2.37. The molecule has 16 heavy (non-hydrogen) atoms. The topological polar surface area (TPSA) is 46.2 Å². The summed E-state index contributed by atoms with van der Waals surface area (Å²) in [6.07, 6.45) is 0. The minimum absolute atomic E-state index is 0.147. The van der Waals surface area contributed by atoms with Crippen molar-refractivity contribution in [2.24, 2.45) is 11.7 Å². The van der Waals surface area contributed by atoms with E-state index in [4.69, 9.17) is 10.8 Å². The van der Waals surface area contributed by atoms with E-state index in [1.165, 1.54) is 12.1 Å². The number of rotatable bonds is 6. The largest absolute Gasteiger partial charge is 0.396 e. The predicted molar refractivity (Wildman–Crippen MR) is 66.9 cm³/mol. The minimum Gasteiger partial charge on any atom is -0.396 e. The highest BCUT2D eigenvalue weighted by Gasteiger charge is 2.08. The molecule has 0 aromatic heterocycles. The Morgan fingerprint density at radius 3 is 2.81 bits per heavy atom. The summed E-state index contributed by atoms with van der Waals surface area (Å²) >= 11 is 1.69. The Labute approximate surface area is 100 Å². The van der Waals surface area contributed by atoms with E-state index in [1.807, 2.05) is 13.0 Å². The van der Waals surface area contributed by atoms with Crippen molar-refractivity contribution in [2.45, 2.75) is 13.0 Å². The van der Waals surface area contributed by atoms with E-state index in [-0.39, 0.29) is 24.4 Å². The van der Waals surface area contributed by atoms with Gasteiger partial charge in [-0.3, -0.25) is 0 Å². The highest BCUT2D eigenvalue weighted by molar-refractivity contribution is 7.99. The Bertz CT molecular complexity index is 322. The molecule has 2 nitrogen and oxygen atoms in total. The number of hydrogen-bond acceptors (Lipinski definition) is 3. The molecule has 1 rings (SSSR count). The average molecular weight is 243 g/mol. The Hall–Kier alpha value is -0.580. The van der Waals surface area contributed by atoms with E-state index >= 15 is 0 Å². The van der Waals surface area contributed by atoms with E-state index in [0.717, 1.165) is 17.1 Å². The molecule has 0 saturated carbocycles. The molecule has 1 aromatic rings. The fourth-order valence-electron chi connectivity index (χ4n) is 1.28. The summed E-state index contributed by atoms with van der Waals surface area (Å²) in [5.41, 5.74) is 6.76. The van der Waals surface area contributed by atoms with Gasteiger partial charge in [0.2, 0.25) is 0 Å². The van der Waals surface area contributed by atoms with Crippen LogP contribution in [0.3, 0.4) is 0 Å². The molecular formula is C12H18FNOS. The molecule has 0 bridgehead atoms. The van der Waals surface area contributed by atoms with Gasteiger partial charge in [0.1, 0.15) is 5.82 Å². The third-order valence-corrected chi connectivity index (χ3v) is 3.69. The molecule has 1 aromatic carbocycles. The van der Waals surface area contributed by atoms with Gasteiger partial charge in [-0.15, -0.1) is 0 Å². The summed E-state index contributed by atoms with van der Waals surface area (Å²) in [7, 11) is 0. The lowest BCUT2D eigenvalue weighted by molar-refractivity contribution is 0.250. The predicted octanol–water partition coefficient (Wildman–Crippen LogP) is 2.19. The highest BCUT2D eigenvalue weighted by Crippen LogP contribution is 2.18. The second-order valence-corrected chi connectivity index (χ2v) is 5.06. The zero-order valence-electron chi connectivity index (χ0n) is 9.40. The SMILES string of the molecule is CC(CO)CSCC(N)c1cccc(F)c1. The lowest BCUT2D eigenvalue weighted by Crippen LogP contribution is -2.14. The van der Waals surface area contributed by atoms with Gasteiger partial charge in [-0.05, 0) is 29.4 Å². The smallest absolute Gasteiger partial charge is 0.123 e. The van der Waals surface area contributed by atoms with Crippen LogP contribution in [-0.4, -0.2) is 23.2 Å². The second kappa shape index (κ2) is 6.89. The van der Waals surface area contributed by atoms with E-state index < -0.39 is 0 Å². The van der Waals surface area contributed by atoms with E-state index in [9.17, 15) is 4.39 Å². The van der Waals surface area contributed by atoms with Crippen molar-refractivity contribution in [3.63, 3.8) is 0 Å². The number of aliphatic hydroxyl groups is 1. The molecule has 0 heterocycles. The maximum Gasteiger partial charge on any atom is 0.123 e. The molecule has 0 radical (unpaired) electrons.